The lowest BCUT2D eigenvalue weighted by Gasteiger charge is -2.41. The van der Waals surface area contributed by atoms with Gasteiger partial charge in [-0.1, -0.05) is 12.1 Å². The Kier molecular flexibility index (Phi) is 4.85. The highest BCUT2D eigenvalue weighted by Crippen LogP contribution is 2.37. The van der Waals surface area contributed by atoms with Crippen molar-refractivity contribution in [2.45, 2.75) is 11.7 Å². The maximum atomic E-state index is 15.5. The number of aromatic nitrogens is 4. The van der Waals surface area contributed by atoms with E-state index in [1.54, 1.807) is 31.5 Å². The molecule has 1 aromatic carbocycles. The molecule has 1 saturated heterocycles. The van der Waals surface area contributed by atoms with Crippen molar-refractivity contribution >= 4 is 17.4 Å². The Hall–Kier alpha value is -3.53. The van der Waals surface area contributed by atoms with Gasteiger partial charge in [0.2, 0.25) is 0 Å². The predicted octanol–water partition coefficient (Wildman–Crippen LogP) is 1.42. The molecular weight excluding hydrogens is 377 g/mol. The number of anilines is 2. The summed E-state index contributed by atoms with van der Waals surface area (Å²) >= 11 is 0. The molecule has 0 spiro atoms. The van der Waals surface area contributed by atoms with Gasteiger partial charge < -0.3 is 21.1 Å². The van der Waals surface area contributed by atoms with Crippen LogP contribution in [0.4, 0.5) is 15.9 Å². The van der Waals surface area contributed by atoms with E-state index in [9.17, 15) is 4.79 Å². The zero-order chi connectivity index (χ0) is 20.4. The molecule has 10 heteroatoms. The highest BCUT2D eigenvalue weighted by Gasteiger charge is 2.47. The topological polar surface area (TPSA) is 120 Å². The van der Waals surface area contributed by atoms with Crippen molar-refractivity contribution in [3.63, 3.8) is 0 Å². The van der Waals surface area contributed by atoms with E-state index in [1.165, 1.54) is 23.3 Å². The Bertz CT molecular complexity index is 1030. The van der Waals surface area contributed by atoms with Gasteiger partial charge in [0.25, 0.3) is 5.91 Å². The number of methoxy groups -OCH3 is 1. The van der Waals surface area contributed by atoms with Crippen LogP contribution in [0.3, 0.4) is 0 Å². The highest BCUT2D eigenvalue weighted by atomic mass is 19.1. The summed E-state index contributed by atoms with van der Waals surface area (Å²) < 4.78 is 22.3. The number of nitrogens with two attached hydrogens (primary N) is 1. The number of alkyl halides is 1. The van der Waals surface area contributed by atoms with Crippen LogP contribution in [-0.2, 0) is 0 Å². The number of hydrogen-bond donors (Lipinski definition) is 3. The van der Waals surface area contributed by atoms with Crippen LogP contribution in [0, 0.1) is 0 Å². The van der Waals surface area contributed by atoms with Crippen LogP contribution in [-0.4, -0.2) is 51.5 Å². The summed E-state index contributed by atoms with van der Waals surface area (Å²) in [6.45, 7) is 0.402. The Balaban J connectivity index is 1.62. The Morgan fingerprint density at radius 3 is 2.86 bits per heavy atom. The number of benzene rings is 1. The summed E-state index contributed by atoms with van der Waals surface area (Å²) in [5.41, 5.74) is 5.29. The van der Waals surface area contributed by atoms with Crippen LogP contribution in [0.15, 0.2) is 49.1 Å². The van der Waals surface area contributed by atoms with Gasteiger partial charge >= 0.3 is 0 Å². The van der Waals surface area contributed by atoms with Crippen molar-refractivity contribution < 1.29 is 13.9 Å². The number of halogens is 1. The van der Waals surface area contributed by atoms with E-state index in [0.717, 1.165) is 0 Å². The minimum atomic E-state index is -1.52. The van der Waals surface area contributed by atoms with E-state index in [1.807, 2.05) is 6.07 Å². The quantitative estimate of drug-likeness (QED) is 0.575. The van der Waals surface area contributed by atoms with E-state index >= 15 is 4.39 Å². The molecule has 29 heavy (non-hydrogen) atoms. The monoisotopic (exact) mass is 397 g/mol. The van der Waals surface area contributed by atoms with Gasteiger partial charge in [-0.3, -0.25) is 9.48 Å². The zero-order valence-corrected chi connectivity index (χ0v) is 15.7. The molecule has 1 aliphatic heterocycles. The fraction of sp³-hybridized carbons (Fsp3) is 0.263. The van der Waals surface area contributed by atoms with Gasteiger partial charge in [0.1, 0.15) is 11.8 Å². The van der Waals surface area contributed by atoms with Crippen molar-refractivity contribution in [3.05, 3.63) is 60.3 Å². The molecule has 1 aliphatic rings. The minimum absolute atomic E-state index is 0.00903. The average Bonchev–Trinajstić information content (AvgIpc) is 3.15. The molecule has 2 aromatic heterocycles. The SMILES string of the molecule is COc1cccc(C(n2cc(NC(=O)c3nccnc3N)cn2)C2(F)CNC2)c1. The summed E-state index contributed by atoms with van der Waals surface area (Å²) in [4.78, 5) is 20.2. The highest BCUT2D eigenvalue weighted by molar-refractivity contribution is 6.05. The molecule has 1 amide bonds. The minimum Gasteiger partial charge on any atom is -0.497 e. The smallest absolute Gasteiger partial charge is 0.278 e. The molecule has 9 nitrogen and oxygen atoms in total. The van der Waals surface area contributed by atoms with Crippen LogP contribution >= 0.6 is 0 Å². The van der Waals surface area contributed by atoms with Crippen LogP contribution in [0.25, 0.3) is 0 Å². The van der Waals surface area contributed by atoms with Gasteiger partial charge in [-0.05, 0) is 17.7 Å². The van der Waals surface area contributed by atoms with Gasteiger partial charge in [-0.25, -0.2) is 14.4 Å². The van der Waals surface area contributed by atoms with Crippen molar-refractivity contribution in [1.29, 1.82) is 0 Å². The van der Waals surface area contributed by atoms with E-state index in [4.69, 9.17) is 10.5 Å². The third-order valence-corrected chi connectivity index (χ3v) is 4.80. The number of nitrogens with zero attached hydrogens (tertiary/aromatic N) is 4. The molecule has 1 fully saturated rings. The normalized spacial score (nSPS) is 15.9. The van der Waals surface area contributed by atoms with Gasteiger partial charge in [-0.2, -0.15) is 5.10 Å². The average molecular weight is 397 g/mol. The number of amides is 1. The Labute approximate surface area is 166 Å². The second kappa shape index (κ2) is 7.47. The second-order valence-electron chi connectivity index (χ2n) is 6.77. The lowest BCUT2D eigenvalue weighted by atomic mass is 9.85. The van der Waals surface area contributed by atoms with Crippen LogP contribution < -0.4 is 21.1 Å². The molecule has 3 heterocycles. The lowest BCUT2D eigenvalue weighted by Crippen LogP contribution is -2.61. The molecule has 0 radical (unpaired) electrons. The first-order chi connectivity index (χ1) is 14.0. The van der Waals surface area contributed by atoms with Crippen molar-refractivity contribution in [3.8, 4) is 5.75 Å². The predicted molar refractivity (Wildman–Crippen MR) is 104 cm³/mol. The number of carbonyl (C=O) groups excluding carboxylic acids is 1. The van der Waals surface area contributed by atoms with Crippen molar-refractivity contribution in [2.24, 2.45) is 0 Å². The first-order valence-electron chi connectivity index (χ1n) is 8.96. The largest absolute Gasteiger partial charge is 0.497 e. The molecule has 0 aliphatic carbocycles. The van der Waals surface area contributed by atoms with Crippen LogP contribution in [0.2, 0.25) is 0 Å². The van der Waals surface area contributed by atoms with E-state index in [2.05, 4.69) is 25.7 Å². The molecule has 0 bridgehead atoms. The van der Waals surface area contributed by atoms with Gasteiger partial charge in [0.15, 0.2) is 17.2 Å². The van der Waals surface area contributed by atoms with Crippen LogP contribution in [0.1, 0.15) is 22.1 Å². The first kappa shape index (κ1) is 18.8. The number of nitrogens with one attached hydrogen (secondary N) is 2. The third-order valence-electron chi connectivity index (χ3n) is 4.80. The zero-order valence-electron chi connectivity index (χ0n) is 15.7. The fourth-order valence-corrected chi connectivity index (χ4v) is 3.32. The third kappa shape index (κ3) is 3.61. The van der Waals surface area contributed by atoms with Crippen molar-refractivity contribution in [2.75, 3.05) is 31.2 Å². The molecule has 3 aromatic rings. The lowest BCUT2D eigenvalue weighted by molar-refractivity contribution is 0.0416. The van der Waals surface area contributed by atoms with Gasteiger partial charge in [-0.15, -0.1) is 0 Å². The van der Waals surface area contributed by atoms with E-state index < -0.39 is 17.6 Å². The van der Waals surface area contributed by atoms with Gasteiger partial charge in [0.05, 0.1) is 19.0 Å². The molecule has 0 saturated carbocycles. The maximum absolute atomic E-state index is 15.5. The standard InChI is InChI=1S/C19H20FN7O2/c1-29-14-4-2-3-12(7-14)16(19(20)10-22-11-19)27-9-13(8-25-27)26-18(28)15-17(21)24-6-5-23-15/h2-9,16,22H,10-11H2,1H3,(H2,21,24)(H,26,28). The number of rotatable bonds is 6. The van der Waals surface area contributed by atoms with E-state index in [-0.39, 0.29) is 24.6 Å². The molecule has 1 atom stereocenters. The Morgan fingerprint density at radius 2 is 2.17 bits per heavy atom. The summed E-state index contributed by atoms with van der Waals surface area (Å²) in [6.07, 6.45) is 5.81. The van der Waals surface area contributed by atoms with Crippen LogP contribution in [0.5, 0.6) is 5.75 Å². The number of carbonyl (C=O) groups is 1. The molecule has 150 valence electrons. The number of hydrogen-bond acceptors (Lipinski definition) is 7. The molecule has 4 N–H and O–H groups in total. The second-order valence-corrected chi connectivity index (χ2v) is 6.77. The summed E-state index contributed by atoms with van der Waals surface area (Å²) in [5.74, 6) is 0.130. The fourth-order valence-electron chi connectivity index (χ4n) is 3.32. The molecule has 4 rings (SSSR count). The summed E-state index contributed by atoms with van der Waals surface area (Å²) in [7, 11) is 1.56. The van der Waals surface area contributed by atoms with E-state index in [0.29, 0.717) is 17.0 Å². The maximum Gasteiger partial charge on any atom is 0.278 e. The molecular formula is C19H20FN7O2. The first-order valence-corrected chi connectivity index (χ1v) is 8.96. The number of ether oxygens (including phenoxy) is 1. The van der Waals surface area contributed by atoms with Gasteiger partial charge in [0, 0.05) is 31.7 Å². The van der Waals surface area contributed by atoms with Crippen molar-refractivity contribution in [1.82, 2.24) is 25.1 Å². The Morgan fingerprint density at radius 1 is 1.38 bits per heavy atom. The number of nitrogen functional groups attached to an aromatic ring is 1. The summed E-state index contributed by atoms with van der Waals surface area (Å²) in [5, 5.41) is 9.93. The summed E-state index contributed by atoms with van der Waals surface area (Å²) in [6, 6.07) is 6.52. The molecule has 1 unspecified atom stereocenters.